The molecule has 4 N–H and O–H groups in total. The molecule has 0 aliphatic rings. The molecule has 110 valence electrons. The van der Waals surface area contributed by atoms with Gasteiger partial charge in [0, 0.05) is 6.54 Å². The molecule has 3 amide bonds. The van der Waals surface area contributed by atoms with Gasteiger partial charge in [-0.2, -0.15) is 0 Å². The number of nitrogens with two attached hydrogens (primary N) is 1. The third-order valence-electron chi connectivity index (χ3n) is 2.29. The van der Waals surface area contributed by atoms with Crippen molar-refractivity contribution in [2.45, 2.75) is 20.4 Å². The zero-order valence-electron chi connectivity index (χ0n) is 11.7. The minimum atomic E-state index is -0.900. The summed E-state index contributed by atoms with van der Waals surface area (Å²) >= 11 is 0. The molecule has 1 heterocycles. The first kappa shape index (κ1) is 15.9. The lowest BCUT2D eigenvalue weighted by Crippen LogP contribution is -2.38. The van der Waals surface area contributed by atoms with Crippen LogP contribution in [0.1, 0.15) is 19.5 Å². The van der Waals surface area contributed by atoms with Crippen molar-refractivity contribution in [1.29, 1.82) is 0 Å². The number of amides is 3. The number of nitrogens with zero attached hydrogens (tertiary/aromatic N) is 1. The van der Waals surface area contributed by atoms with E-state index in [0.29, 0.717) is 18.2 Å². The topological polar surface area (TPSA) is 106 Å². The van der Waals surface area contributed by atoms with Gasteiger partial charge in [-0.3, -0.25) is 15.1 Å². The van der Waals surface area contributed by atoms with Gasteiger partial charge in [0.15, 0.2) is 6.61 Å². The molecule has 7 heteroatoms. The lowest BCUT2D eigenvalue weighted by atomic mass is 10.2. The Bertz CT molecular complexity index is 445. The average molecular weight is 280 g/mol. The van der Waals surface area contributed by atoms with E-state index in [1.807, 2.05) is 11.4 Å². The van der Waals surface area contributed by atoms with Crippen molar-refractivity contribution in [3.8, 4) is 5.75 Å². The third kappa shape index (κ3) is 6.69. The Balaban J connectivity index is 2.35. The molecule has 0 saturated heterocycles. The number of primary amides is 1. The van der Waals surface area contributed by atoms with Crippen LogP contribution in [-0.4, -0.2) is 30.1 Å². The highest BCUT2D eigenvalue weighted by atomic mass is 16.5. The number of hydrogen-bond acceptors (Lipinski definition) is 5. The zero-order valence-corrected chi connectivity index (χ0v) is 11.7. The van der Waals surface area contributed by atoms with Crippen molar-refractivity contribution in [2.75, 3.05) is 13.2 Å². The summed E-state index contributed by atoms with van der Waals surface area (Å²) < 4.78 is 5.16. The van der Waals surface area contributed by atoms with Crippen molar-refractivity contribution in [1.82, 2.24) is 15.6 Å². The highest BCUT2D eigenvalue weighted by Crippen LogP contribution is 2.08. The SMILES string of the molecule is CC(C)CNCc1ccc(OCC(=O)NC(N)=O)cn1. The number of ether oxygens (including phenoxy) is 1. The first-order valence-electron chi connectivity index (χ1n) is 6.35. The first-order valence-corrected chi connectivity index (χ1v) is 6.35. The molecule has 20 heavy (non-hydrogen) atoms. The summed E-state index contributed by atoms with van der Waals surface area (Å²) in [5, 5.41) is 5.18. The van der Waals surface area contributed by atoms with E-state index in [4.69, 9.17) is 10.5 Å². The van der Waals surface area contributed by atoms with Gasteiger partial charge in [0.05, 0.1) is 11.9 Å². The molecular formula is C13H20N4O3. The summed E-state index contributed by atoms with van der Waals surface area (Å²) in [6.45, 7) is 5.59. The predicted octanol–water partition coefficient (Wildman–Crippen LogP) is 0.401. The summed E-state index contributed by atoms with van der Waals surface area (Å²) in [7, 11) is 0. The molecule has 7 nitrogen and oxygen atoms in total. The van der Waals surface area contributed by atoms with Crippen molar-refractivity contribution in [3.63, 3.8) is 0 Å². The van der Waals surface area contributed by atoms with Crippen molar-refractivity contribution in [2.24, 2.45) is 11.7 Å². The Kier molecular flexibility index (Phi) is 6.45. The average Bonchev–Trinajstić information content (AvgIpc) is 2.36. The van der Waals surface area contributed by atoms with Crippen LogP contribution >= 0.6 is 0 Å². The van der Waals surface area contributed by atoms with Gasteiger partial charge < -0.3 is 15.8 Å². The van der Waals surface area contributed by atoms with Gasteiger partial charge in [-0.1, -0.05) is 13.8 Å². The van der Waals surface area contributed by atoms with Crippen molar-refractivity contribution in [3.05, 3.63) is 24.0 Å². The largest absolute Gasteiger partial charge is 0.482 e. The first-order chi connectivity index (χ1) is 9.47. The molecule has 0 bridgehead atoms. The maximum absolute atomic E-state index is 11.1. The van der Waals surface area contributed by atoms with Crippen LogP contribution in [0.5, 0.6) is 5.75 Å². The number of hydrogen-bond donors (Lipinski definition) is 3. The number of urea groups is 1. The lowest BCUT2D eigenvalue weighted by Gasteiger charge is -2.08. The van der Waals surface area contributed by atoms with Crippen LogP contribution in [0.2, 0.25) is 0 Å². The Morgan fingerprint density at radius 1 is 1.40 bits per heavy atom. The molecule has 1 rings (SSSR count). The molecule has 1 aromatic rings. The second-order valence-electron chi connectivity index (χ2n) is 4.71. The predicted molar refractivity (Wildman–Crippen MR) is 74.0 cm³/mol. The molecule has 0 atom stereocenters. The molecular weight excluding hydrogens is 260 g/mol. The number of pyridine rings is 1. The fourth-order valence-electron chi connectivity index (χ4n) is 1.41. The fraction of sp³-hybridized carbons (Fsp3) is 0.462. The van der Waals surface area contributed by atoms with Crippen LogP contribution in [-0.2, 0) is 11.3 Å². The van der Waals surface area contributed by atoms with E-state index in [1.165, 1.54) is 6.20 Å². The van der Waals surface area contributed by atoms with Crippen LogP contribution in [0.3, 0.4) is 0 Å². The van der Waals surface area contributed by atoms with Gasteiger partial charge in [-0.25, -0.2) is 4.79 Å². The quantitative estimate of drug-likeness (QED) is 0.670. The number of nitrogens with one attached hydrogen (secondary N) is 2. The molecule has 0 saturated carbocycles. The summed E-state index contributed by atoms with van der Waals surface area (Å²) in [6, 6.07) is 2.63. The van der Waals surface area contributed by atoms with E-state index < -0.39 is 11.9 Å². The smallest absolute Gasteiger partial charge is 0.318 e. The van der Waals surface area contributed by atoms with Crippen LogP contribution in [0.25, 0.3) is 0 Å². The molecule has 0 radical (unpaired) electrons. The third-order valence-corrected chi connectivity index (χ3v) is 2.29. The summed E-state index contributed by atoms with van der Waals surface area (Å²) in [4.78, 5) is 25.8. The van der Waals surface area contributed by atoms with Crippen LogP contribution < -0.4 is 21.1 Å². The highest BCUT2D eigenvalue weighted by Gasteiger charge is 2.05. The Labute approximate surface area is 117 Å². The molecule has 0 fully saturated rings. The second-order valence-corrected chi connectivity index (χ2v) is 4.71. The summed E-state index contributed by atoms with van der Waals surface area (Å²) in [5.74, 6) is 0.443. The molecule has 0 unspecified atom stereocenters. The minimum absolute atomic E-state index is 0.282. The maximum atomic E-state index is 11.1. The standard InChI is InChI=1S/C13H20N4O3/c1-9(2)5-15-6-10-3-4-11(7-16-10)20-8-12(18)17-13(14)19/h3-4,7,9,15H,5-6,8H2,1-2H3,(H3,14,17,18,19). The summed E-state index contributed by atoms with van der Waals surface area (Å²) in [5.41, 5.74) is 5.69. The van der Waals surface area contributed by atoms with E-state index in [0.717, 1.165) is 12.2 Å². The monoisotopic (exact) mass is 280 g/mol. The molecule has 0 aliphatic carbocycles. The van der Waals surface area contributed by atoms with Crippen molar-refractivity contribution >= 4 is 11.9 Å². The van der Waals surface area contributed by atoms with Crippen molar-refractivity contribution < 1.29 is 14.3 Å². The van der Waals surface area contributed by atoms with Gasteiger partial charge in [-0.05, 0) is 24.6 Å². The van der Waals surface area contributed by atoms with Gasteiger partial charge in [-0.15, -0.1) is 0 Å². The van der Waals surface area contributed by atoms with E-state index in [9.17, 15) is 9.59 Å². The number of carbonyl (C=O) groups excluding carboxylic acids is 2. The number of carbonyl (C=O) groups is 2. The fourth-order valence-corrected chi connectivity index (χ4v) is 1.41. The van der Waals surface area contributed by atoms with Crippen LogP contribution in [0, 0.1) is 5.92 Å². The van der Waals surface area contributed by atoms with Gasteiger partial charge in [0.25, 0.3) is 5.91 Å². The van der Waals surface area contributed by atoms with Gasteiger partial charge in [0.2, 0.25) is 0 Å². The van der Waals surface area contributed by atoms with Gasteiger partial charge in [0.1, 0.15) is 5.75 Å². The zero-order chi connectivity index (χ0) is 15.0. The number of aromatic nitrogens is 1. The lowest BCUT2D eigenvalue weighted by molar-refractivity contribution is -0.121. The maximum Gasteiger partial charge on any atom is 0.318 e. The second kappa shape index (κ2) is 8.11. The normalized spacial score (nSPS) is 10.3. The molecule has 0 aliphatic heterocycles. The van der Waals surface area contributed by atoms with E-state index in [-0.39, 0.29) is 6.61 Å². The number of imide groups is 1. The molecule has 0 aromatic carbocycles. The van der Waals surface area contributed by atoms with Crippen LogP contribution in [0.15, 0.2) is 18.3 Å². The van der Waals surface area contributed by atoms with E-state index >= 15 is 0 Å². The van der Waals surface area contributed by atoms with Crippen LogP contribution in [0.4, 0.5) is 4.79 Å². The molecule has 0 spiro atoms. The Morgan fingerprint density at radius 3 is 2.70 bits per heavy atom. The van der Waals surface area contributed by atoms with E-state index in [1.54, 1.807) is 6.07 Å². The number of rotatable bonds is 7. The van der Waals surface area contributed by atoms with Gasteiger partial charge >= 0.3 is 6.03 Å². The summed E-state index contributed by atoms with van der Waals surface area (Å²) in [6.07, 6.45) is 1.53. The Hall–Kier alpha value is -2.15. The highest BCUT2D eigenvalue weighted by molar-refractivity contribution is 5.94. The minimum Gasteiger partial charge on any atom is -0.482 e. The van der Waals surface area contributed by atoms with E-state index in [2.05, 4.69) is 24.1 Å². The Morgan fingerprint density at radius 2 is 2.15 bits per heavy atom. The molecule has 1 aromatic heterocycles.